The van der Waals surface area contributed by atoms with Crippen molar-refractivity contribution in [3.8, 4) is 0 Å². The van der Waals surface area contributed by atoms with Crippen LogP contribution < -0.4 is 5.32 Å². The molecule has 1 N–H and O–H groups in total. The van der Waals surface area contributed by atoms with Crippen molar-refractivity contribution in [3.05, 3.63) is 50.8 Å². The van der Waals surface area contributed by atoms with E-state index in [4.69, 9.17) is 16.0 Å². The van der Waals surface area contributed by atoms with Gasteiger partial charge in [-0.25, -0.2) is 4.98 Å². The Morgan fingerprint density at radius 3 is 2.92 bits per heavy atom. The van der Waals surface area contributed by atoms with Crippen molar-refractivity contribution >= 4 is 40.6 Å². The highest BCUT2D eigenvalue weighted by atomic mass is 35.5. The smallest absolute Gasteiger partial charge is 0.284 e. The second-order valence-electron chi connectivity index (χ2n) is 5.71. The van der Waals surface area contributed by atoms with E-state index in [0.29, 0.717) is 28.1 Å². The standard InChI is InChI=1S/C16H15ClN4O2S2/c1-9-12(4-5-23-9)15(22)21-16(19-14(20-21)10-6-18-7-10)24-8-11-2-3-13(17)25-11/h2-5,10,18H,6-8H2,1H3. The number of carbonyl (C=O) groups is 1. The largest absolute Gasteiger partial charge is 0.469 e. The number of hydrogen-bond donors (Lipinski definition) is 1. The van der Waals surface area contributed by atoms with Crippen LogP contribution in [0.1, 0.15) is 32.7 Å². The maximum atomic E-state index is 12.9. The Labute approximate surface area is 157 Å². The van der Waals surface area contributed by atoms with Gasteiger partial charge in [-0.1, -0.05) is 23.4 Å². The zero-order valence-electron chi connectivity index (χ0n) is 13.4. The van der Waals surface area contributed by atoms with Crippen molar-refractivity contribution in [2.75, 3.05) is 13.1 Å². The van der Waals surface area contributed by atoms with E-state index in [2.05, 4.69) is 15.4 Å². The van der Waals surface area contributed by atoms with Crippen LogP contribution in [-0.4, -0.2) is 33.8 Å². The predicted octanol–water partition coefficient (Wildman–Crippen LogP) is 3.56. The summed E-state index contributed by atoms with van der Waals surface area (Å²) in [4.78, 5) is 18.6. The maximum absolute atomic E-state index is 12.9. The molecule has 0 unspecified atom stereocenters. The Hall–Kier alpha value is -1.61. The lowest BCUT2D eigenvalue weighted by Gasteiger charge is -2.23. The number of rotatable bonds is 5. The second-order valence-corrected chi connectivity index (χ2v) is 8.45. The number of nitrogens with one attached hydrogen (secondary N) is 1. The van der Waals surface area contributed by atoms with Crippen LogP contribution in [0.2, 0.25) is 4.34 Å². The van der Waals surface area contributed by atoms with Gasteiger partial charge in [0.25, 0.3) is 5.91 Å². The Morgan fingerprint density at radius 2 is 2.32 bits per heavy atom. The molecule has 0 saturated carbocycles. The quantitative estimate of drug-likeness (QED) is 0.667. The molecule has 4 heterocycles. The number of furan rings is 1. The van der Waals surface area contributed by atoms with E-state index in [0.717, 1.165) is 22.3 Å². The number of aromatic nitrogens is 3. The molecule has 3 aromatic rings. The molecule has 25 heavy (non-hydrogen) atoms. The van der Waals surface area contributed by atoms with Crippen molar-refractivity contribution in [1.82, 2.24) is 20.1 Å². The van der Waals surface area contributed by atoms with E-state index in [1.54, 1.807) is 13.0 Å². The Morgan fingerprint density at radius 1 is 1.48 bits per heavy atom. The Bertz CT molecular complexity index is 913. The fraction of sp³-hybridized carbons (Fsp3) is 0.312. The van der Waals surface area contributed by atoms with Gasteiger partial charge < -0.3 is 9.73 Å². The topological polar surface area (TPSA) is 73.0 Å². The first-order valence-electron chi connectivity index (χ1n) is 7.75. The van der Waals surface area contributed by atoms with Crippen molar-refractivity contribution in [3.63, 3.8) is 0 Å². The number of hydrogen-bond acceptors (Lipinski definition) is 7. The number of nitrogens with zero attached hydrogens (tertiary/aromatic N) is 3. The summed E-state index contributed by atoms with van der Waals surface area (Å²) in [5, 5.41) is 8.28. The SMILES string of the molecule is Cc1occc1C(=O)n1nc(C2CNC2)nc1SCc1ccc(Cl)s1. The van der Waals surface area contributed by atoms with Crippen LogP contribution in [0.3, 0.4) is 0 Å². The van der Waals surface area contributed by atoms with E-state index in [9.17, 15) is 4.79 Å². The van der Waals surface area contributed by atoms with Gasteiger partial charge in [-0.3, -0.25) is 4.79 Å². The first kappa shape index (κ1) is 16.8. The van der Waals surface area contributed by atoms with Gasteiger partial charge in [0.2, 0.25) is 0 Å². The third-order valence-corrected chi connectivity index (χ3v) is 6.39. The van der Waals surface area contributed by atoms with Crippen LogP contribution in [-0.2, 0) is 5.75 Å². The molecule has 0 radical (unpaired) electrons. The summed E-state index contributed by atoms with van der Waals surface area (Å²) in [6.07, 6.45) is 1.51. The van der Waals surface area contributed by atoms with Gasteiger partial charge in [-0.05, 0) is 25.1 Å². The number of aryl methyl sites for hydroxylation is 1. The van der Waals surface area contributed by atoms with E-state index >= 15 is 0 Å². The molecule has 0 atom stereocenters. The van der Waals surface area contributed by atoms with Crippen LogP contribution in [0.4, 0.5) is 0 Å². The molecule has 1 aliphatic heterocycles. The lowest BCUT2D eigenvalue weighted by molar-refractivity contribution is 0.0931. The number of halogens is 1. The van der Waals surface area contributed by atoms with Crippen LogP contribution in [0, 0.1) is 6.92 Å². The molecule has 0 spiro atoms. The molecule has 3 aromatic heterocycles. The maximum Gasteiger partial charge on any atom is 0.284 e. The van der Waals surface area contributed by atoms with Crippen LogP contribution in [0.25, 0.3) is 0 Å². The zero-order valence-corrected chi connectivity index (χ0v) is 15.7. The fourth-order valence-electron chi connectivity index (χ4n) is 2.47. The molecule has 1 saturated heterocycles. The third kappa shape index (κ3) is 3.39. The molecule has 0 amide bonds. The molecule has 1 fully saturated rings. The number of thiophene rings is 1. The monoisotopic (exact) mass is 394 g/mol. The highest BCUT2D eigenvalue weighted by Gasteiger charge is 2.27. The normalized spacial score (nSPS) is 14.6. The molecule has 4 rings (SSSR count). The molecule has 6 nitrogen and oxygen atoms in total. The van der Waals surface area contributed by atoms with Gasteiger partial charge in [-0.2, -0.15) is 4.68 Å². The molecule has 0 aromatic carbocycles. The highest BCUT2D eigenvalue weighted by Crippen LogP contribution is 2.30. The minimum Gasteiger partial charge on any atom is -0.469 e. The molecule has 0 bridgehead atoms. The van der Waals surface area contributed by atoms with Crippen molar-refractivity contribution in [1.29, 1.82) is 0 Å². The lowest BCUT2D eigenvalue weighted by atomic mass is 10.0. The van der Waals surface area contributed by atoms with Gasteiger partial charge in [0.1, 0.15) is 5.76 Å². The van der Waals surface area contributed by atoms with Crippen LogP contribution in [0.5, 0.6) is 0 Å². The van der Waals surface area contributed by atoms with Crippen molar-refractivity contribution < 1.29 is 9.21 Å². The van der Waals surface area contributed by atoms with Gasteiger partial charge >= 0.3 is 0 Å². The second kappa shape index (κ2) is 6.95. The predicted molar refractivity (Wildman–Crippen MR) is 97.7 cm³/mol. The van der Waals surface area contributed by atoms with Gasteiger partial charge in [-0.15, -0.1) is 16.4 Å². The van der Waals surface area contributed by atoms with E-state index in [1.807, 2.05) is 12.1 Å². The van der Waals surface area contributed by atoms with Gasteiger partial charge in [0.05, 0.1) is 16.2 Å². The Kier molecular flexibility index (Phi) is 4.68. The average Bonchev–Trinajstić information content (AvgIpc) is 3.23. The highest BCUT2D eigenvalue weighted by molar-refractivity contribution is 7.98. The fourth-order valence-corrected chi connectivity index (χ4v) is 4.54. The summed E-state index contributed by atoms with van der Waals surface area (Å²) in [5.41, 5.74) is 0.504. The Balaban J connectivity index is 1.62. The summed E-state index contributed by atoms with van der Waals surface area (Å²) in [6.45, 7) is 3.45. The van der Waals surface area contributed by atoms with Gasteiger partial charge in [0.15, 0.2) is 11.0 Å². The van der Waals surface area contributed by atoms with E-state index in [-0.39, 0.29) is 11.8 Å². The molecule has 9 heteroatoms. The van der Waals surface area contributed by atoms with Crippen molar-refractivity contribution in [2.24, 2.45) is 0 Å². The minimum atomic E-state index is -0.219. The summed E-state index contributed by atoms with van der Waals surface area (Å²) in [5.74, 6) is 2.02. The lowest BCUT2D eigenvalue weighted by Crippen LogP contribution is -2.40. The molecular formula is C16H15ClN4O2S2. The molecule has 0 aliphatic carbocycles. The van der Waals surface area contributed by atoms with Crippen LogP contribution >= 0.6 is 34.7 Å². The molecule has 130 valence electrons. The third-order valence-electron chi connectivity index (χ3n) is 3.99. The summed E-state index contributed by atoms with van der Waals surface area (Å²) < 4.78 is 7.40. The van der Waals surface area contributed by atoms with Crippen molar-refractivity contribution in [2.45, 2.75) is 23.8 Å². The van der Waals surface area contributed by atoms with E-state index in [1.165, 1.54) is 34.0 Å². The minimum absolute atomic E-state index is 0.219. The first-order chi connectivity index (χ1) is 12.1. The average molecular weight is 395 g/mol. The van der Waals surface area contributed by atoms with Gasteiger partial charge in [0, 0.05) is 29.6 Å². The molecular weight excluding hydrogens is 380 g/mol. The summed E-state index contributed by atoms with van der Waals surface area (Å²) in [6, 6.07) is 5.52. The van der Waals surface area contributed by atoms with E-state index < -0.39 is 0 Å². The number of carbonyl (C=O) groups excluding carboxylic acids is 1. The van der Waals surface area contributed by atoms with Crippen LogP contribution in [0.15, 0.2) is 34.0 Å². The summed E-state index contributed by atoms with van der Waals surface area (Å²) >= 11 is 9.00. The zero-order chi connectivity index (χ0) is 17.4. The first-order valence-corrected chi connectivity index (χ1v) is 9.93. The summed E-state index contributed by atoms with van der Waals surface area (Å²) in [7, 11) is 0. The molecule has 1 aliphatic rings. The number of thioether (sulfide) groups is 1.